The minimum absolute atomic E-state index is 0.0223. The smallest absolute Gasteiger partial charge is 0.355 e. The maximum atomic E-state index is 14.2. The van der Waals surface area contributed by atoms with Crippen LogP contribution >= 0.6 is 42.4 Å². The molecule has 4 N–H and O–H groups in total. The van der Waals surface area contributed by atoms with Crippen LogP contribution in [-0.2, 0) is 41.3 Å². The summed E-state index contributed by atoms with van der Waals surface area (Å²) >= 11 is 17.7. The van der Waals surface area contributed by atoms with Crippen molar-refractivity contribution in [3.8, 4) is 5.69 Å². The number of carbonyl (C=O) groups is 3. The van der Waals surface area contributed by atoms with Crippen molar-refractivity contribution in [3.63, 3.8) is 0 Å². The summed E-state index contributed by atoms with van der Waals surface area (Å²) in [7, 11) is -2.46. The number of hydrogen-bond donors (Lipinski definition) is 4. The van der Waals surface area contributed by atoms with Crippen LogP contribution in [0.15, 0.2) is 35.1 Å². The molecule has 0 radical (unpaired) electrons. The molecule has 308 valence electrons. The molecular weight excluding hydrogens is 821 g/mol. The minimum Gasteiger partial charge on any atom is -0.480 e. The lowest BCUT2D eigenvalue weighted by molar-refractivity contribution is -0.142. The Morgan fingerprint density at radius 3 is 2.25 bits per heavy atom. The SMILES string of the molecule is CCOC(=O)C(Cl)Cc1cc(-n2nc(C)n(C(F)F)c2=O)c(F)cc1Cl.CCc1cccc(C)c1N(C(=O)CCl)C(C)COC.O=C(O)CNCP(=O)(O)O. The van der Waals surface area contributed by atoms with E-state index in [-0.39, 0.29) is 57.5 Å². The van der Waals surface area contributed by atoms with E-state index in [0.29, 0.717) is 11.3 Å². The molecule has 3 rings (SSSR count). The second-order valence-electron chi connectivity index (χ2n) is 11.5. The fraction of sp³-hybridized carbons (Fsp3) is 0.485. The number of carbonyl (C=O) groups excluding carboxylic acids is 2. The summed E-state index contributed by atoms with van der Waals surface area (Å²) in [4.78, 5) is 63.8. The number of ether oxygens (including phenoxy) is 2. The van der Waals surface area contributed by atoms with Crippen molar-refractivity contribution in [3.05, 3.63) is 74.2 Å². The van der Waals surface area contributed by atoms with E-state index in [1.54, 1.807) is 18.9 Å². The van der Waals surface area contributed by atoms with Crippen LogP contribution in [0.4, 0.5) is 18.9 Å². The lowest BCUT2D eigenvalue weighted by Gasteiger charge is -2.31. The highest BCUT2D eigenvalue weighted by molar-refractivity contribution is 7.51. The summed E-state index contributed by atoms with van der Waals surface area (Å²) in [5, 5.41) is 12.6. The number of carboxylic acid groups (broad SMARTS) is 1. The second kappa shape index (κ2) is 23.6. The number of alkyl halides is 4. The number of benzene rings is 2. The van der Waals surface area contributed by atoms with E-state index >= 15 is 0 Å². The number of aryl methyl sites for hydroxylation is 3. The molecule has 3 aromatic rings. The molecule has 22 heteroatoms. The Morgan fingerprint density at radius 1 is 1.13 bits per heavy atom. The molecular formula is C33H44Cl3F3N5O10P. The van der Waals surface area contributed by atoms with Crippen LogP contribution < -0.4 is 15.9 Å². The largest absolute Gasteiger partial charge is 0.480 e. The van der Waals surface area contributed by atoms with Crippen LogP contribution in [0.25, 0.3) is 5.69 Å². The third kappa shape index (κ3) is 15.5. The zero-order chi connectivity index (χ0) is 42.2. The fourth-order valence-electron chi connectivity index (χ4n) is 4.90. The van der Waals surface area contributed by atoms with Crippen LogP contribution in [0.5, 0.6) is 0 Å². The molecule has 0 spiro atoms. The molecule has 15 nitrogen and oxygen atoms in total. The van der Waals surface area contributed by atoms with Gasteiger partial charge in [0.05, 0.1) is 37.8 Å². The predicted octanol–water partition coefficient (Wildman–Crippen LogP) is 5.20. The summed E-state index contributed by atoms with van der Waals surface area (Å²) in [6.07, 6.45) is 0.165. The van der Waals surface area contributed by atoms with E-state index in [2.05, 4.69) is 23.4 Å². The highest BCUT2D eigenvalue weighted by Crippen LogP contribution is 2.32. The highest BCUT2D eigenvalue weighted by Gasteiger charge is 2.26. The van der Waals surface area contributed by atoms with Gasteiger partial charge in [-0.1, -0.05) is 36.7 Å². The van der Waals surface area contributed by atoms with Crippen LogP contribution in [0.3, 0.4) is 0 Å². The normalized spacial score (nSPS) is 12.2. The van der Waals surface area contributed by atoms with Gasteiger partial charge >= 0.3 is 31.8 Å². The van der Waals surface area contributed by atoms with Gasteiger partial charge in [-0.25, -0.2) is 13.8 Å². The molecule has 0 aliphatic heterocycles. The van der Waals surface area contributed by atoms with E-state index in [4.69, 9.17) is 59.2 Å². The van der Waals surface area contributed by atoms with Gasteiger partial charge in [-0.05, 0) is 62.9 Å². The molecule has 0 aliphatic carbocycles. The third-order valence-corrected chi connectivity index (χ3v) is 8.78. The Kier molecular flexibility index (Phi) is 21.2. The standard InChI is InChI=1S/C15H14Cl2F3N3O3.C15H22ClNO2.C3H8NO5P/c1-3-26-13(24)10(17)4-8-5-12(11(18)6-9(8)16)23-15(25)22(14(19)20)7(2)21-23;1-5-13-8-6-7-11(2)15(13)17(14(18)9-16)12(3)10-19-4;5-3(6)1-4-2-10(7,8)9/h5-6,10,14H,3-4H2,1-2H3;6-8,12H,5,9-10H2,1-4H3;4H,1-2H2,(H,5,6)(H2,7,8,9). The van der Waals surface area contributed by atoms with Crippen molar-refractivity contribution in [1.82, 2.24) is 19.7 Å². The highest BCUT2D eigenvalue weighted by atomic mass is 35.5. The molecule has 1 aromatic heterocycles. The van der Waals surface area contributed by atoms with Gasteiger partial charge in [-0.15, -0.1) is 28.3 Å². The Balaban J connectivity index is 0.000000456. The van der Waals surface area contributed by atoms with Gasteiger partial charge in [-0.3, -0.25) is 24.3 Å². The number of para-hydroxylation sites is 1. The number of nitrogens with one attached hydrogen (secondary N) is 1. The first-order valence-corrected chi connectivity index (χ1v) is 19.5. The molecule has 2 aromatic carbocycles. The van der Waals surface area contributed by atoms with E-state index < -0.39 is 55.8 Å². The first-order chi connectivity index (χ1) is 25.6. The molecule has 2 unspecified atom stereocenters. The molecule has 0 saturated heterocycles. The number of aromatic nitrogens is 3. The maximum absolute atomic E-state index is 14.2. The van der Waals surface area contributed by atoms with Crippen LogP contribution in [-0.4, -0.2) is 97.5 Å². The summed E-state index contributed by atoms with van der Waals surface area (Å²) in [6.45, 7) is 5.93. The maximum Gasteiger partial charge on any atom is 0.355 e. The van der Waals surface area contributed by atoms with Crippen LogP contribution in [0.1, 0.15) is 49.8 Å². The number of amides is 1. The molecule has 0 bridgehead atoms. The Morgan fingerprint density at radius 2 is 1.76 bits per heavy atom. The molecule has 0 fully saturated rings. The van der Waals surface area contributed by atoms with Crippen LogP contribution in [0.2, 0.25) is 5.02 Å². The molecule has 1 amide bonds. The van der Waals surface area contributed by atoms with Crippen molar-refractivity contribution in [1.29, 1.82) is 0 Å². The van der Waals surface area contributed by atoms with Crippen molar-refractivity contribution in [2.24, 2.45) is 0 Å². The van der Waals surface area contributed by atoms with Gasteiger partial charge in [0.1, 0.15) is 22.8 Å². The van der Waals surface area contributed by atoms with Crippen molar-refractivity contribution < 1.29 is 56.5 Å². The summed E-state index contributed by atoms with van der Waals surface area (Å²) in [5.41, 5.74) is 1.84. The number of methoxy groups -OCH3 is 1. The van der Waals surface area contributed by atoms with Gasteiger partial charge in [0.2, 0.25) is 5.91 Å². The quantitative estimate of drug-likeness (QED) is 0.0834. The number of rotatable bonds is 16. The van der Waals surface area contributed by atoms with Crippen molar-refractivity contribution in [2.45, 2.75) is 65.4 Å². The Labute approximate surface area is 330 Å². The van der Waals surface area contributed by atoms with Gasteiger partial charge in [0, 0.05) is 18.6 Å². The van der Waals surface area contributed by atoms with E-state index in [1.165, 1.54) is 6.92 Å². The molecule has 1 heterocycles. The number of carboxylic acids is 1. The zero-order valence-corrected chi connectivity index (χ0v) is 33.9. The summed E-state index contributed by atoms with van der Waals surface area (Å²) in [5.74, 6) is -3.18. The van der Waals surface area contributed by atoms with E-state index in [1.807, 2.05) is 26.0 Å². The average Bonchev–Trinajstić information content (AvgIpc) is 3.39. The Bertz CT molecular complexity index is 1860. The predicted molar refractivity (Wildman–Crippen MR) is 201 cm³/mol. The summed E-state index contributed by atoms with van der Waals surface area (Å²) in [6, 6.07) is 8.07. The van der Waals surface area contributed by atoms with Gasteiger partial charge in [0.25, 0.3) is 0 Å². The third-order valence-electron chi connectivity index (χ3n) is 7.23. The number of esters is 1. The van der Waals surface area contributed by atoms with Crippen molar-refractivity contribution in [2.75, 3.05) is 43.9 Å². The van der Waals surface area contributed by atoms with Gasteiger partial charge in [-0.2, -0.15) is 13.5 Å². The molecule has 55 heavy (non-hydrogen) atoms. The summed E-state index contributed by atoms with van der Waals surface area (Å²) < 4.78 is 60.7. The lowest BCUT2D eigenvalue weighted by Crippen LogP contribution is -2.43. The van der Waals surface area contributed by atoms with Crippen molar-refractivity contribution >= 4 is 65.9 Å². The van der Waals surface area contributed by atoms with E-state index in [0.717, 1.165) is 35.4 Å². The second-order valence-corrected chi connectivity index (χ2v) is 14.3. The van der Waals surface area contributed by atoms with Gasteiger partial charge < -0.3 is 29.3 Å². The lowest BCUT2D eigenvalue weighted by atomic mass is 10.0. The number of halogens is 6. The number of anilines is 1. The molecule has 2 atom stereocenters. The Hall–Kier alpha value is -3.48. The topological polar surface area (TPSA) is 203 Å². The first-order valence-electron chi connectivity index (χ1n) is 16.3. The molecule has 0 aliphatic rings. The monoisotopic (exact) mass is 863 g/mol. The number of aliphatic carboxylic acids is 1. The fourth-order valence-corrected chi connectivity index (χ4v) is 5.88. The van der Waals surface area contributed by atoms with E-state index in [9.17, 15) is 36.9 Å². The number of hydrogen-bond acceptors (Lipinski definition) is 9. The van der Waals surface area contributed by atoms with Crippen LogP contribution in [0, 0.1) is 19.7 Å². The average molecular weight is 865 g/mol. The zero-order valence-electron chi connectivity index (χ0n) is 30.8. The molecule has 0 saturated carbocycles. The minimum atomic E-state index is -4.10. The number of nitrogens with zero attached hydrogens (tertiary/aromatic N) is 4. The first kappa shape index (κ1) is 49.5. The van der Waals surface area contributed by atoms with Gasteiger partial charge in [0.15, 0.2) is 5.82 Å².